The van der Waals surface area contributed by atoms with Crippen molar-refractivity contribution in [2.75, 3.05) is 25.2 Å². The third-order valence-corrected chi connectivity index (χ3v) is 5.42. The van der Waals surface area contributed by atoms with Gasteiger partial charge < -0.3 is 5.11 Å². The van der Waals surface area contributed by atoms with Crippen LogP contribution in [0.15, 0.2) is 65.1 Å². The van der Waals surface area contributed by atoms with Crippen LogP contribution in [0.4, 0.5) is 5.69 Å². The van der Waals surface area contributed by atoms with Crippen LogP contribution in [0, 0.1) is 6.92 Å². The van der Waals surface area contributed by atoms with Crippen LogP contribution in [0.3, 0.4) is 0 Å². The second kappa shape index (κ2) is 9.62. The topological polar surface area (TPSA) is 78.1 Å². The van der Waals surface area contributed by atoms with Gasteiger partial charge in [0.05, 0.1) is 11.4 Å². The molecule has 0 saturated carbocycles. The van der Waals surface area contributed by atoms with Crippen molar-refractivity contribution in [2.45, 2.75) is 20.8 Å². The van der Waals surface area contributed by atoms with E-state index in [2.05, 4.69) is 11.7 Å². The zero-order chi connectivity index (χ0) is 23.4. The second-order valence-electron chi connectivity index (χ2n) is 7.60. The van der Waals surface area contributed by atoms with Gasteiger partial charge in [0.15, 0.2) is 5.84 Å². The fraction of sp³-hybridized carbons (Fsp3) is 0.240. The zero-order valence-corrected chi connectivity index (χ0v) is 18.9. The van der Waals surface area contributed by atoms with Crippen LogP contribution in [0.25, 0.3) is 22.0 Å². The summed E-state index contributed by atoms with van der Waals surface area (Å²) in [7, 11) is 1.73. The number of amidine groups is 1. The third kappa shape index (κ3) is 4.33. The highest BCUT2D eigenvalue weighted by atomic mass is 16.3. The number of hydrazone groups is 1. The average Bonchev–Trinajstić information content (AvgIpc) is 2.79. The van der Waals surface area contributed by atoms with Crippen LogP contribution in [0.2, 0.25) is 0 Å². The molecule has 2 aromatic carbocycles. The molecule has 0 bridgehead atoms. The van der Waals surface area contributed by atoms with Gasteiger partial charge in [-0.2, -0.15) is 5.10 Å². The number of hydrogen-bond acceptors (Lipinski definition) is 5. The Balaban J connectivity index is 2.19. The van der Waals surface area contributed by atoms with E-state index in [9.17, 15) is 14.7 Å². The Kier molecular flexibility index (Phi) is 6.90. The number of aliphatic hydroxyl groups excluding tert-OH is 1. The molecule has 0 aliphatic carbocycles. The number of pyridine rings is 1. The van der Waals surface area contributed by atoms with Crippen LogP contribution in [0.1, 0.15) is 25.0 Å². The van der Waals surface area contributed by atoms with Crippen molar-refractivity contribution in [1.82, 2.24) is 9.47 Å². The standard InChI is InChI=1S/C25H28N4O3/c1-6-28(16-31)24(15-30)26-27(5)19-11-12-20-21(13-19)22(17(2)3)14-29(25(20)32)23-10-8-7-9-18(23)4/h7-14,16,30H,2,6,15H2,1,3-5H3/b26-24-. The molecule has 32 heavy (non-hydrogen) atoms. The summed E-state index contributed by atoms with van der Waals surface area (Å²) in [6, 6.07) is 13.2. The molecule has 0 unspecified atom stereocenters. The fourth-order valence-electron chi connectivity index (χ4n) is 3.61. The van der Waals surface area contributed by atoms with Crippen molar-refractivity contribution in [3.8, 4) is 5.69 Å². The molecule has 0 spiro atoms. The van der Waals surface area contributed by atoms with Crippen molar-refractivity contribution in [1.29, 1.82) is 0 Å². The maximum absolute atomic E-state index is 13.3. The highest BCUT2D eigenvalue weighted by Gasteiger charge is 2.15. The number of fused-ring (bicyclic) bond motifs is 1. The molecule has 0 radical (unpaired) electrons. The number of benzene rings is 2. The number of carbonyl (C=O) groups excluding carboxylic acids is 1. The highest BCUT2D eigenvalue weighted by Crippen LogP contribution is 2.28. The molecule has 1 aromatic heterocycles. The minimum Gasteiger partial charge on any atom is -0.388 e. The molecule has 0 saturated heterocycles. The molecule has 1 amide bonds. The van der Waals surface area contributed by atoms with Gasteiger partial charge in [0.2, 0.25) is 6.41 Å². The number of likely N-dealkylation sites (N-methyl/N-ethyl adjacent to an activating group) is 1. The molecule has 3 rings (SSSR count). The number of rotatable bonds is 7. The zero-order valence-electron chi connectivity index (χ0n) is 18.9. The predicted octanol–water partition coefficient (Wildman–Crippen LogP) is 3.55. The molecule has 7 nitrogen and oxygen atoms in total. The monoisotopic (exact) mass is 432 g/mol. The molecule has 0 fully saturated rings. The summed E-state index contributed by atoms with van der Waals surface area (Å²) >= 11 is 0. The molecular weight excluding hydrogens is 404 g/mol. The molecular formula is C25H28N4O3. The number of hydrogen-bond donors (Lipinski definition) is 1. The quantitative estimate of drug-likeness (QED) is 0.268. The number of para-hydroxylation sites is 1. The summed E-state index contributed by atoms with van der Waals surface area (Å²) < 4.78 is 1.66. The molecule has 1 N–H and O–H groups in total. The highest BCUT2D eigenvalue weighted by molar-refractivity contribution is 5.95. The van der Waals surface area contributed by atoms with Gasteiger partial charge in [-0.15, -0.1) is 0 Å². The fourth-order valence-corrected chi connectivity index (χ4v) is 3.61. The number of aromatic nitrogens is 1. The number of allylic oxidation sites excluding steroid dienone is 1. The lowest BCUT2D eigenvalue weighted by Crippen LogP contribution is -2.34. The number of amides is 1. The van der Waals surface area contributed by atoms with Gasteiger partial charge in [0, 0.05) is 30.7 Å². The van der Waals surface area contributed by atoms with E-state index >= 15 is 0 Å². The van der Waals surface area contributed by atoms with Crippen molar-refractivity contribution in [3.63, 3.8) is 0 Å². The van der Waals surface area contributed by atoms with E-state index in [4.69, 9.17) is 0 Å². The predicted molar refractivity (Wildman–Crippen MR) is 130 cm³/mol. The SMILES string of the molecule is C=C(C)c1cn(-c2ccccc2C)c(=O)c2ccc(N(C)/N=C(/CO)N(C=O)CC)cc12. The van der Waals surface area contributed by atoms with Crippen LogP contribution >= 0.6 is 0 Å². The summed E-state index contributed by atoms with van der Waals surface area (Å²) in [4.78, 5) is 25.9. The van der Waals surface area contributed by atoms with Crippen LogP contribution in [-0.2, 0) is 4.79 Å². The lowest BCUT2D eigenvalue weighted by Gasteiger charge is -2.21. The van der Waals surface area contributed by atoms with Gasteiger partial charge in [-0.1, -0.05) is 24.8 Å². The Morgan fingerprint density at radius 2 is 1.94 bits per heavy atom. The second-order valence-corrected chi connectivity index (χ2v) is 7.60. The van der Waals surface area contributed by atoms with Gasteiger partial charge in [0.1, 0.15) is 6.61 Å². The Hall–Kier alpha value is -3.71. The van der Waals surface area contributed by atoms with Gasteiger partial charge in [-0.05, 0) is 61.6 Å². The number of aliphatic hydroxyl groups is 1. The largest absolute Gasteiger partial charge is 0.388 e. The lowest BCUT2D eigenvalue weighted by molar-refractivity contribution is -0.114. The normalized spacial score (nSPS) is 11.5. The minimum atomic E-state index is -0.372. The van der Waals surface area contributed by atoms with E-state index < -0.39 is 0 Å². The number of aryl methyl sites for hydroxylation is 1. The first-order valence-corrected chi connectivity index (χ1v) is 10.4. The Labute approximate surface area is 187 Å². The van der Waals surface area contributed by atoms with Crippen molar-refractivity contribution < 1.29 is 9.90 Å². The molecule has 0 aliphatic heterocycles. The summed E-state index contributed by atoms with van der Waals surface area (Å²) in [5.74, 6) is 0.236. The van der Waals surface area contributed by atoms with Crippen molar-refractivity contribution in [2.24, 2.45) is 5.10 Å². The molecule has 3 aromatic rings. The molecule has 0 aliphatic rings. The first-order chi connectivity index (χ1) is 15.3. The van der Waals surface area contributed by atoms with E-state index in [1.165, 1.54) is 4.90 Å². The van der Waals surface area contributed by atoms with E-state index in [0.717, 1.165) is 27.8 Å². The van der Waals surface area contributed by atoms with Crippen LogP contribution < -0.4 is 10.6 Å². The number of anilines is 1. The number of nitrogens with zero attached hydrogens (tertiary/aromatic N) is 4. The Bertz CT molecular complexity index is 1260. The molecule has 1 heterocycles. The summed E-state index contributed by atoms with van der Waals surface area (Å²) in [5.41, 5.74) is 4.10. The van der Waals surface area contributed by atoms with Gasteiger partial charge >= 0.3 is 0 Å². The maximum Gasteiger partial charge on any atom is 0.263 e. The van der Waals surface area contributed by atoms with Crippen LogP contribution in [0.5, 0.6) is 0 Å². The Morgan fingerprint density at radius 1 is 1.22 bits per heavy atom. The number of carbonyl (C=O) groups is 1. The smallest absolute Gasteiger partial charge is 0.263 e. The van der Waals surface area contributed by atoms with E-state index in [1.807, 2.05) is 50.4 Å². The van der Waals surface area contributed by atoms with E-state index in [-0.39, 0.29) is 18.0 Å². The average molecular weight is 433 g/mol. The van der Waals surface area contributed by atoms with E-state index in [1.54, 1.807) is 35.7 Å². The van der Waals surface area contributed by atoms with Crippen molar-refractivity contribution >= 4 is 34.3 Å². The van der Waals surface area contributed by atoms with Gasteiger partial charge in [-0.25, -0.2) is 0 Å². The van der Waals surface area contributed by atoms with Crippen molar-refractivity contribution in [3.05, 3.63) is 76.7 Å². The minimum absolute atomic E-state index is 0.119. The molecule has 0 atom stereocenters. The summed E-state index contributed by atoms with van der Waals surface area (Å²) in [6.07, 6.45) is 2.46. The first kappa shape index (κ1) is 23.0. The maximum atomic E-state index is 13.3. The first-order valence-electron chi connectivity index (χ1n) is 10.4. The summed E-state index contributed by atoms with van der Waals surface area (Å²) in [5, 5.41) is 16.9. The van der Waals surface area contributed by atoms with Gasteiger partial charge in [-0.3, -0.25) is 24.1 Å². The van der Waals surface area contributed by atoms with Gasteiger partial charge in [0.25, 0.3) is 5.56 Å². The molecule has 166 valence electrons. The van der Waals surface area contributed by atoms with Crippen LogP contribution in [-0.4, -0.2) is 47.0 Å². The molecule has 7 heteroatoms. The van der Waals surface area contributed by atoms with E-state index in [0.29, 0.717) is 24.0 Å². The summed E-state index contributed by atoms with van der Waals surface area (Å²) in [6.45, 7) is 9.81. The third-order valence-electron chi connectivity index (χ3n) is 5.42. The Morgan fingerprint density at radius 3 is 2.53 bits per heavy atom. The lowest BCUT2D eigenvalue weighted by atomic mass is 10.0.